The molecule has 1 saturated heterocycles. The van der Waals surface area contributed by atoms with Gasteiger partial charge in [0.05, 0.1) is 18.7 Å². The number of nitrogens with zero attached hydrogens (tertiary/aromatic N) is 4. The van der Waals surface area contributed by atoms with Gasteiger partial charge in [-0.15, -0.1) is 0 Å². The minimum absolute atomic E-state index is 0.156. The van der Waals surface area contributed by atoms with Crippen LogP contribution in [0.3, 0.4) is 0 Å². The Labute approximate surface area is 144 Å². The van der Waals surface area contributed by atoms with Gasteiger partial charge in [0.15, 0.2) is 11.6 Å². The number of aryl methyl sites for hydroxylation is 1. The average molecular weight is 344 g/mol. The van der Waals surface area contributed by atoms with Crippen molar-refractivity contribution in [2.75, 3.05) is 19.7 Å². The standard InChI is InChI=1S/C17H21FN6O/c1-2-4-14-21-17(23-22-14)13-9-24(7-8-25-13)10-15-19-12-6-3-5-11(18)16(12)20-15/h3,5-6,13H,2,4,7-10H2,1H3,(H,19,20)(H,21,22,23)/t13-/m0/s1. The Morgan fingerprint density at radius 3 is 3.08 bits per heavy atom. The van der Waals surface area contributed by atoms with E-state index in [1.165, 1.54) is 6.07 Å². The van der Waals surface area contributed by atoms with Crippen LogP contribution in [0.25, 0.3) is 11.0 Å². The first-order valence-corrected chi connectivity index (χ1v) is 8.61. The SMILES string of the molecule is CCCc1nc([C@@H]2CN(Cc3nc4c(F)cccc4[nH]3)CCO2)n[nH]1. The number of halogens is 1. The molecule has 0 saturated carbocycles. The molecule has 4 rings (SSSR count). The predicted octanol–water partition coefficient (Wildman–Crippen LogP) is 2.35. The maximum absolute atomic E-state index is 13.8. The van der Waals surface area contributed by atoms with E-state index in [4.69, 9.17) is 4.74 Å². The minimum Gasteiger partial charge on any atom is -0.367 e. The van der Waals surface area contributed by atoms with E-state index in [1.54, 1.807) is 6.07 Å². The van der Waals surface area contributed by atoms with Crippen molar-refractivity contribution in [2.45, 2.75) is 32.4 Å². The first kappa shape index (κ1) is 16.2. The predicted molar refractivity (Wildman–Crippen MR) is 90.4 cm³/mol. The number of nitrogens with one attached hydrogen (secondary N) is 2. The van der Waals surface area contributed by atoms with Gasteiger partial charge in [-0.05, 0) is 18.6 Å². The molecule has 1 aliphatic heterocycles. The fraction of sp³-hybridized carbons (Fsp3) is 0.471. The molecule has 3 aromatic rings. The number of imidazole rings is 1. The second kappa shape index (κ2) is 6.89. The van der Waals surface area contributed by atoms with Gasteiger partial charge in [0.1, 0.15) is 23.3 Å². The van der Waals surface area contributed by atoms with Crippen molar-refractivity contribution in [1.82, 2.24) is 30.0 Å². The van der Waals surface area contributed by atoms with Crippen LogP contribution in [0.4, 0.5) is 4.39 Å². The first-order valence-electron chi connectivity index (χ1n) is 8.61. The van der Waals surface area contributed by atoms with E-state index in [1.807, 2.05) is 6.07 Å². The molecule has 1 aromatic carbocycles. The van der Waals surface area contributed by atoms with Gasteiger partial charge in [0.25, 0.3) is 0 Å². The molecule has 1 atom stereocenters. The zero-order valence-corrected chi connectivity index (χ0v) is 14.1. The van der Waals surface area contributed by atoms with E-state index >= 15 is 0 Å². The van der Waals surface area contributed by atoms with Crippen molar-refractivity contribution in [3.05, 3.63) is 41.5 Å². The lowest BCUT2D eigenvalue weighted by molar-refractivity contribution is -0.0377. The number of para-hydroxylation sites is 1. The molecule has 2 N–H and O–H groups in total. The molecule has 7 nitrogen and oxygen atoms in total. The number of aromatic nitrogens is 5. The molecule has 0 unspecified atom stereocenters. The molecule has 0 bridgehead atoms. The van der Waals surface area contributed by atoms with E-state index in [0.717, 1.165) is 36.6 Å². The van der Waals surface area contributed by atoms with Gasteiger partial charge >= 0.3 is 0 Å². The van der Waals surface area contributed by atoms with Gasteiger partial charge in [-0.1, -0.05) is 13.0 Å². The van der Waals surface area contributed by atoms with Crippen LogP contribution in [0.2, 0.25) is 0 Å². The summed E-state index contributed by atoms with van der Waals surface area (Å²) in [5, 5.41) is 7.26. The zero-order chi connectivity index (χ0) is 17.2. The highest BCUT2D eigenvalue weighted by atomic mass is 19.1. The van der Waals surface area contributed by atoms with Crippen LogP contribution in [0.15, 0.2) is 18.2 Å². The molecule has 0 radical (unpaired) electrons. The summed E-state index contributed by atoms with van der Waals surface area (Å²) in [5.41, 5.74) is 1.11. The highest BCUT2D eigenvalue weighted by Crippen LogP contribution is 2.21. The fourth-order valence-corrected chi connectivity index (χ4v) is 3.14. The minimum atomic E-state index is -0.302. The summed E-state index contributed by atoms with van der Waals surface area (Å²) >= 11 is 0. The van der Waals surface area contributed by atoms with Gasteiger partial charge in [-0.2, -0.15) is 5.10 Å². The summed E-state index contributed by atoms with van der Waals surface area (Å²) in [5.74, 6) is 2.04. The Kier molecular flexibility index (Phi) is 4.46. The van der Waals surface area contributed by atoms with Gasteiger partial charge in [-0.25, -0.2) is 14.4 Å². The summed E-state index contributed by atoms with van der Waals surface area (Å²) < 4.78 is 19.6. The molecule has 8 heteroatoms. The number of H-pyrrole nitrogens is 2. The Hall–Kier alpha value is -2.32. The summed E-state index contributed by atoms with van der Waals surface area (Å²) in [4.78, 5) is 14.3. The van der Waals surface area contributed by atoms with Gasteiger partial charge in [-0.3, -0.25) is 10.00 Å². The van der Waals surface area contributed by atoms with Crippen LogP contribution in [-0.4, -0.2) is 49.7 Å². The molecule has 0 amide bonds. The lowest BCUT2D eigenvalue weighted by Gasteiger charge is -2.30. The van der Waals surface area contributed by atoms with Gasteiger partial charge in [0, 0.05) is 19.5 Å². The molecule has 0 aliphatic carbocycles. The van der Waals surface area contributed by atoms with Crippen LogP contribution >= 0.6 is 0 Å². The highest BCUT2D eigenvalue weighted by Gasteiger charge is 2.26. The second-order valence-electron chi connectivity index (χ2n) is 6.30. The van der Waals surface area contributed by atoms with Crippen molar-refractivity contribution in [2.24, 2.45) is 0 Å². The lowest BCUT2D eigenvalue weighted by Crippen LogP contribution is -2.38. The van der Waals surface area contributed by atoms with Gasteiger partial charge in [0.2, 0.25) is 0 Å². The van der Waals surface area contributed by atoms with Crippen molar-refractivity contribution in [3.8, 4) is 0 Å². The molecular formula is C17H21FN6O. The van der Waals surface area contributed by atoms with Crippen molar-refractivity contribution in [3.63, 3.8) is 0 Å². The van der Waals surface area contributed by atoms with Crippen molar-refractivity contribution >= 4 is 11.0 Å². The van der Waals surface area contributed by atoms with Crippen LogP contribution in [-0.2, 0) is 17.7 Å². The van der Waals surface area contributed by atoms with E-state index in [9.17, 15) is 4.39 Å². The van der Waals surface area contributed by atoms with Gasteiger partial charge < -0.3 is 9.72 Å². The third kappa shape index (κ3) is 3.40. The van der Waals surface area contributed by atoms with Crippen LogP contribution in [0.1, 0.15) is 36.9 Å². The summed E-state index contributed by atoms with van der Waals surface area (Å²) in [6.45, 7) is 4.81. The van der Waals surface area contributed by atoms with Crippen LogP contribution in [0.5, 0.6) is 0 Å². The first-order chi connectivity index (χ1) is 12.2. The molecule has 3 heterocycles. The number of benzene rings is 1. The monoisotopic (exact) mass is 344 g/mol. The number of hydrogen-bond donors (Lipinski definition) is 2. The smallest absolute Gasteiger partial charge is 0.180 e. The maximum atomic E-state index is 13.8. The Bertz CT molecular complexity index is 860. The van der Waals surface area contributed by atoms with E-state index < -0.39 is 0 Å². The molecule has 1 fully saturated rings. The number of aromatic amines is 2. The van der Waals surface area contributed by atoms with E-state index in [2.05, 4.69) is 37.0 Å². The third-order valence-corrected chi connectivity index (χ3v) is 4.36. The molecule has 25 heavy (non-hydrogen) atoms. The zero-order valence-electron chi connectivity index (χ0n) is 14.1. The Balaban J connectivity index is 1.45. The number of rotatable bonds is 5. The lowest BCUT2D eigenvalue weighted by atomic mass is 10.2. The van der Waals surface area contributed by atoms with Crippen LogP contribution in [0, 0.1) is 5.82 Å². The van der Waals surface area contributed by atoms with E-state index in [-0.39, 0.29) is 11.9 Å². The quantitative estimate of drug-likeness (QED) is 0.742. The molecule has 2 aromatic heterocycles. The molecule has 0 spiro atoms. The largest absolute Gasteiger partial charge is 0.367 e. The van der Waals surface area contributed by atoms with Crippen molar-refractivity contribution in [1.29, 1.82) is 0 Å². The summed E-state index contributed by atoms with van der Waals surface area (Å²) in [6.07, 6.45) is 1.75. The summed E-state index contributed by atoms with van der Waals surface area (Å²) in [7, 11) is 0. The second-order valence-corrected chi connectivity index (χ2v) is 6.30. The number of ether oxygens (including phenoxy) is 1. The molecule has 1 aliphatic rings. The Morgan fingerprint density at radius 2 is 2.24 bits per heavy atom. The Morgan fingerprint density at radius 1 is 1.32 bits per heavy atom. The van der Waals surface area contributed by atoms with E-state index in [0.29, 0.717) is 31.0 Å². The number of morpholine rings is 1. The summed E-state index contributed by atoms with van der Waals surface area (Å²) in [6, 6.07) is 4.94. The third-order valence-electron chi connectivity index (χ3n) is 4.36. The average Bonchev–Trinajstić information content (AvgIpc) is 3.23. The van der Waals surface area contributed by atoms with Crippen LogP contribution < -0.4 is 0 Å². The number of hydrogen-bond acceptors (Lipinski definition) is 5. The topological polar surface area (TPSA) is 82.7 Å². The molecule has 132 valence electrons. The number of fused-ring (bicyclic) bond motifs is 1. The fourth-order valence-electron chi connectivity index (χ4n) is 3.14. The van der Waals surface area contributed by atoms with Crippen molar-refractivity contribution < 1.29 is 9.13 Å². The highest BCUT2D eigenvalue weighted by molar-refractivity contribution is 5.75. The normalized spacial score (nSPS) is 18.9. The molecular weight excluding hydrogens is 323 g/mol. The maximum Gasteiger partial charge on any atom is 0.180 e.